The van der Waals surface area contributed by atoms with E-state index in [-0.39, 0.29) is 0 Å². The summed E-state index contributed by atoms with van der Waals surface area (Å²) in [6.45, 7) is 10.4. The Bertz CT molecular complexity index is 712. The number of nitrogens with zero attached hydrogens (tertiary/aromatic N) is 2. The first-order chi connectivity index (χ1) is 13.4. The van der Waals surface area contributed by atoms with E-state index in [1.807, 2.05) is 18.2 Å². The molecular formula is C23H33ClN2O2. The summed E-state index contributed by atoms with van der Waals surface area (Å²) < 4.78 is 5.90. The molecule has 0 radical (unpaired) electrons. The molecule has 0 unspecified atom stereocenters. The molecule has 1 aliphatic heterocycles. The molecule has 1 heterocycles. The van der Waals surface area contributed by atoms with Gasteiger partial charge in [0.25, 0.3) is 0 Å². The maximum atomic E-state index is 10.4. The number of hydrogen-bond donors (Lipinski definition) is 1. The molecule has 0 spiro atoms. The second kappa shape index (κ2) is 8.35. The number of ether oxygens (including phenoxy) is 1. The van der Waals surface area contributed by atoms with Gasteiger partial charge in [-0.1, -0.05) is 37.6 Å². The average Bonchev–Trinajstić information content (AvgIpc) is 2.68. The predicted molar refractivity (Wildman–Crippen MR) is 115 cm³/mol. The Labute approximate surface area is 174 Å². The summed E-state index contributed by atoms with van der Waals surface area (Å²) >= 11 is 6.11. The highest BCUT2D eigenvalue weighted by Gasteiger charge is 2.50. The maximum Gasteiger partial charge on any atom is 0.0900 e. The number of aliphatic hydroxyl groups is 1. The van der Waals surface area contributed by atoms with Crippen molar-refractivity contribution in [3.63, 3.8) is 0 Å². The number of halogens is 1. The van der Waals surface area contributed by atoms with Gasteiger partial charge in [0.15, 0.2) is 0 Å². The Kier molecular flexibility index (Phi) is 6.03. The number of fused-ring (bicyclic) bond motifs is 1. The van der Waals surface area contributed by atoms with Gasteiger partial charge in [0.1, 0.15) is 0 Å². The molecule has 2 bridgehead atoms. The molecule has 0 amide bonds. The van der Waals surface area contributed by atoms with Crippen LogP contribution in [0.1, 0.15) is 26.7 Å². The van der Waals surface area contributed by atoms with E-state index in [9.17, 15) is 5.11 Å². The minimum Gasteiger partial charge on any atom is -0.389 e. The molecule has 4 aliphatic rings. The summed E-state index contributed by atoms with van der Waals surface area (Å²) in [7, 11) is 0. The van der Waals surface area contributed by atoms with Gasteiger partial charge in [-0.05, 0) is 53.9 Å². The second-order valence-electron chi connectivity index (χ2n) is 9.26. The fourth-order valence-corrected chi connectivity index (χ4v) is 5.35. The SMILES string of the molecule is CC1(C)[C@@H]2CC=C(COC[C@@H](O)CN3CCN(c4cccc(Cl)c4)CC3)[C@H]1C2. The van der Waals surface area contributed by atoms with Crippen molar-refractivity contribution in [2.24, 2.45) is 17.3 Å². The largest absolute Gasteiger partial charge is 0.389 e. The molecule has 3 atom stereocenters. The smallest absolute Gasteiger partial charge is 0.0900 e. The van der Waals surface area contributed by atoms with Gasteiger partial charge in [-0.25, -0.2) is 0 Å². The monoisotopic (exact) mass is 404 g/mol. The average molecular weight is 405 g/mol. The zero-order chi connectivity index (χ0) is 19.7. The molecule has 2 fully saturated rings. The third kappa shape index (κ3) is 4.25. The predicted octanol–water partition coefficient (Wildman–Crippen LogP) is 3.83. The van der Waals surface area contributed by atoms with Crippen LogP contribution in [0, 0.1) is 17.3 Å². The van der Waals surface area contributed by atoms with Crippen LogP contribution in [0.15, 0.2) is 35.9 Å². The lowest BCUT2D eigenvalue weighted by atomic mass is 9.49. The Morgan fingerprint density at radius 3 is 2.71 bits per heavy atom. The lowest BCUT2D eigenvalue weighted by Crippen LogP contribution is -2.49. The Morgan fingerprint density at radius 1 is 1.25 bits per heavy atom. The minimum atomic E-state index is -0.427. The van der Waals surface area contributed by atoms with E-state index >= 15 is 0 Å². The van der Waals surface area contributed by atoms with E-state index in [1.54, 1.807) is 0 Å². The zero-order valence-electron chi connectivity index (χ0n) is 17.1. The molecule has 5 rings (SSSR count). The first kappa shape index (κ1) is 20.2. The fraction of sp³-hybridized carbons (Fsp3) is 0.652. The molecular weight excluding hydrogens is 372 g/mol. The van der Waals surface area contributed by atoms with Crippen LogP contribution in [0.4, 0.5) is 5.69 Å². The number of hydrogen-bond acceptors (Lipinski definition) is 4. The van der Waals surface area contributed by atoms with E-state index in [0.29, 0.717) is 31.1 Å². The van der Waals surface area contributed by atoms with Gasteiger partial charge in [0.2, 0.25) is 0 Å². The van der Waals surface area contributed by atoms with Gasteiger partial charge in [0.05, 0.1) is 19.3 Å². The Balaban J connectivity index is 1.16. The number of allylic oxidation sites excluding steroid dienone is 1. The van der Waals surface area contributed by atoms with Crippen molar-refractivity contribution in [1.82, 2.24) is 4.90 Å². The van der Waals surface area contributed by atoms with Crippen LogP contribution in [0.3, 0.4) is 0 Å². The van der Waals surface area contributed by atoms with Gasteiger partial charge in [-0.3, -0.25) is 4.90 Å². The normalized spacial score (nSPS) is 27.9. The van der Waals surface area contributed by atoms with Gasteiger partial charge >= 0.3 is 0 Å². The van der Waals surface area contributed by atoms with Gasteiger partial charge in [0, 0.05) is 43.4 Å². The van der Waals surface area contributed by atoms with Gasteiger partial charge in [-0.15, -0.1) is 0 Å². The van der Waals surface area contributed by atoms with Crippen molar-refractivity contribution < 1.29 is 9.84 Å². The lowest BCUT2D eigenvalue weighted by molar-refractivity contribution is -0.0262. The topological polar surface area (TPSA) is 35.9 Å². The molecule has 3 aliphatic carbocycles. The highest BCUT2D eigenvalue weighted by molar-refractivity contribution is 6.30. The number of benzene rings is 1. The molecule has 154 valence electrons. The molecule has 1 N–H and O–H groups in total. The summed E-state index contributed by atoms with van der Waals surface area (Å²) in [6.07, 6.45) is 4.47. The number of piperazine rings is 1. The number of β-amino-alcohol motifs (C(OH)–C–C–N with tert-alkyl or cyclic N) is 1. The Morgan fingerprint density at radius 2 is 2.04 bits per heavy atom. The van der Waals surface area contributed by atoms with E-state index in [2.05, 4.69) is 35.8 Å². The van der Waals surface area contributed by atoms with Crippen molar-refractivity contribution in [3.8, 4) is 0 Å². The van der Waals surface area contributed by atoms with Gasteiger partial charge < -0.3 is 14.7 Å². The van der Waals surface area contributed by atoms with E-state index in [4.69, 9.17) is 16.3 Å². The summed E-state index contributed by atoms with van der Waals surface area (Å²) in [5, 5.41) is 11.2. The Hall–Kier alpha value is -1.07. The number of aliphatic hydroxyl groups excluding tert-OH is 1. The number of anilines is 1. The third-order valence-electron chi connectivity index (χ3n) is 7.18. The first-order valence-electron chi connectivity index (χ1n) is 10.6. The maximum absolute atomic E-state index is 10.4. The standard InChI is InChI=1S/C23H33ClN2O2/c1-23(2)18-7-6-17(22(23)12-18)15-28-16-21(27)14-25-8-10-26(11-9-25)20-5-3-4-19(24)13-20/h3-6,13,18,21-22,27H,7-12,14-16H2,1-2H3/t18-,21+,22-/m1/s1. The van der Waals surface area contributed by atoms with Crippen LogP contribution >= 0.6 is 11.6 Å². The van der Waals surface area contributed by atoms with Crippen LogP contribution in [-0.2, 0) is 4.74 Å². The van der Waals surface area contributed by atoms with Crippen LogP contribution in [-0.4, -0.2) is 62.0 Å². The molecule has 28 heavy (non-hydrogen) atoms. The molecule has 4 nitrogen and oxygen atoms in total. The van der Waals surface area contributed by atoms with Gasteiger partial charge in [-0.2, -0.15) is 0 Å². The summed E-state index contributed by atoms with van der Waals surface area (Å²) in [5.74, 6) is 1.54. The second-order valence-corrected chi connectivity index (χ2v) is 9.69. The van der Waals surface area contributed by atoms with Crippen LogP contribution in [0.2, 0.25) is 5.02 Å². The minimum absolute atomic E-state index is 0.419. The number of rotatable bonds is 7. The molecule has 1 saturated heterocycles. The first-order valence-corrected chi connectivity index (χ1v) is 11.0. The van der Waals surface area contributed by atoms with E-state index < -0.39 is 6.10 Å². The van der Waals surface area contributed by atoms with E-state index in [0.717, 1.165) is 37.1 Å². The molecule has 5 heteroatoms. The summed E-state index contributed by atoms with van der Waals surface area (Å²) in [6, 6.07) is 8.03. The zero-order valence-corrected chi connectivity index (χ0v) is 17.9. The van der Waals surface area contributed by atoms with E-state index in [1.165, 1.54) is 24.1 Å². The van der Waals surface area contributed by atoms with Crippen molar-refractivity contribution in [2.75, 3.05) is 50.8 Å². The van der Waals surface area contributed by atoms with Crippen LogP contribution in [0.5, 0.6) is 0 Å². The molecule has 1 aromatic carbocycles. The highest BCUT2D eigenvalue weighted by Crippen LogP contribution is 2.59. The van der Waals surface area contributed by atoms with Crippen LogP contribution < -0.4 is 4.90 Å². The quantitative estimate of drug-likeness (QED) is 0.700. The summed E-state index contributed by atoms with van der Waals surface area (Å²) in [5.41, 5.74) is 3.07. The van der Waals surface area contributed by atoms with Crippen molar-refractivity contribution in [2.45, 2.75) is 32.8 Å². The lowest BCUT2D eigenvalue weighted by Gasteiger charge is -2.56. The highest BCUT2D eigenvalue weighted by atomic mass is 35.5. The third-order valence-corrected chi connectivity index (χ3v) is 7.41. The van der Waals surface area contributed by atoms with Crippen molar-refractivity contribution in [3.05, 3.63) is 40.9 Å². The van der Waals surface area contributed by atoms with Crippen molar-refractivity contribution >= 4 is 17.3 Å². The van der Waals surface area contributed by atoms with Crippen LogP contribution in [0.25, 0.3) is 0 Å². The summed E-state index contributed by atoms with van der Waals surface area (Å²) in [4.78, 5) is 4.68. The molecule has 1 saturated carbocycles. The van der Waals surface area contributed by atoms with Crippen molar-refractivity contribution in [1.29, 1.82) is 0 Å². The fourth-order valence-electron chi connectivity index (χ4n) is 5.17. The molecule has 1 aromatic rings. The molecule has 0 aromatic heterocycles.